The molecule has 3 N–H and O–H groups in total. The van der Waals surface area contributed by atoms with Gasteiger partial charge in [-0.05, 0) is 56.6 Å². The van der Waals surface area contributed by atoms with Gasteiger partial charge >= 0.3 is 0 Å². The zero-order valence-electron chi connectivity index (χ0n) is 21.8. The maximum Gasteiger partial charge on any atom is 0.243 e. The van der Waals surface area contributed by atoms with E-state index in [2.05, 4.69) is 48.3 Å². The molecule has 2 aromatic rings. The predicted octanol–water partition coefficient (Wildman–Crippen LogP) is 4.23. The highest BCUT2D eigenvalue weighted by Crippen LogP contribution is 2.22. The van der Waals surface area contributed by atoms with Gasteiger partial charge in [0.05, 0.1) is 23.5 Å². The van der Waals surface area contributed by atoms with Crippen molar-refractivity contribution in [1.82, 2.24) is 25.5 Å². The van der Waals surface area contributed by atoms with Crippen molar-refractivity contribution < 1.29 is 14.4 Å². The number of piperidine rings is 1. The minimum Gasteiger partial charge on any atom is -0.345 e. The number of aromatic amines is 1. The van der Waals surface area contributed by atoms with Gasteiger partial charge in [-0.25, -0.2) is 4.98 Å². The minimum atomic E-state index is -0.929. The second-order valence-electron chi connectivity index (χ2n) is 10.9. The van der Waals surface area contributed by atoms with Crippen LogP contribution in [0.5, 0.6) is 0 Å². The Morgan fingerprint density at radius 1 is 1.17 bits per heavy atom. The van der Waals surface area contributed by atoms with E-state index in [9.17, 15) is 14.4 Å². The Hall–Kier alpha value is -2.90. The lowest BCUT2D eigenvalue weighted by Crippen LogP contribution is -2.52. The first kappa shape index (κ1) is 26.7. The van der Waals surface area contributed by atoms with E-state index in [4.69, 9.17) is 0 Å². The topological polar surface area (TPSA) is 107 Å². The van der Waals surface area contributed by atoms with Crippen LogP contribution in [0.2, 0.25) is 0 Å². The third kappa shape index (κ3) is 7.54. The lowest BCUT2D eigenvalue weighted by molar-refractivity contribution is -0.139. The zero-order valence-corrected chi connectivity index (χ0v) is 21.8. The van der Waals surface area contributed by atoms with E-state index < -0.39 is 12.1 Å². The van der Waals surface area contributed by atoms with Crippen molar-refractivity contribution in [3.63, 3.8) is 0 Å². The molecule has 0 radical (unpaired) electrons. The van der Waals surface area contributed by atoms with E-state index in [-0.39, 0.29) is 35.6 Å². The first-order valence-corrected chi connectivity index (χ1v) is 12.9. The number of carbonyl (C=O) groups is 3. The van der Waals surface area contributed by atoms with Crippen LogP contribution in [0.1, 0.15) is 91.4 Å². The van der Waals surface area contributed by atoms with E-state index in [1.807, 2.05) is 36.1 Å². The zero-order chi connectivity index (χ0) is 25.6. The Bertz CT molecular complexity index is 992. The fourth-order valence-corrected chi connectivity index (χ4v) is 4.57. The number of para-hydroxylation sites is 2. The number of H-pyrrole nitrogens is 1. The summed E-state index contributed by atoms with van der Waals surface area (Å²) in [4.78, 5) is 49.0. The van der Waals surface area contributed by atoms with Crippen LogP contribution < -0.4 is 10.6 Å². The molecule has 192 valence electrons. The van der Waals surface area contributed by atoms with Crippen molar-refractivity contribution in [3.05, 3.63) is 30.1 Å². The third-order valence-electron chi connectivity index (χ3n) is 6.73. The van der Waals surface area contributed by atoms with Gasteiger partial charge in [-0.2, -0.15) is 0 Å². The average molecular weight is 484 g/mol. The van der Waals surface area contributed by atoms with Gasteiger partial charge in [0.1, 0.15) is 11.9 Å². The summed E-state index contributed by atoms with van der Waals surface area (Å²) in [6, 6.07) is 6.54. The smallest absolute Gasteiger partial charge is 0.243 e. The first-order chi connectivity index (χ1) is 16.6. The van der Waals surface area contributed by atoms with Crippen molar-refractivity contribution >= 4 is 28.8 Å². The van der Waals surface area contributed by atoms with Gasteiger partial charge in [0.2, 0.25) is 17.7 Å². The number of hydrogen-bond acceptors (Lipinski definition) is 4. The summed E-state index contributed by atoms with van der Waals surface area (Å²) in [6.45, 7) is 10.9. The largest absolute Gasteiger partial charge is 0.345 e. The van der Waals surface area contributed by atoms with Gasteiger partial charge in [-0.15, -0.1) is 0 Å². The van der Waals surface area contributed by atoms with E-state index in [1.165, 1.54) is 0 Å². The molecule has 1 aliphatic rings. The van der Waals surface area contributed by atoms with Crippen LogP contribution in [0.3, 0.4) is 0 Å². The number of carbonyl (C=O) groups excluding carboxylic acids is 3. The van der Waals surface area contributed by atoms with Crippen molar-refractivity contribution in [2.24, 2.45) is 5.41 Å². The number of nitrogens with zero attached hydrogens (tertiary/aromatic N) is 2. The summed E-state index contributed by atoms with van der Waals surface area (Å²) in [5, 5.41) is 5.80. The van der Waals surface area contributed by atoms with Gasteiger partial charge in [0, 0.05) is 19.0 Å². The second kappa shape index (κ2) is 11.7. The third-order valence-corrected chi connectivity index (χ3v) is 6.73. The molecule has 0 aliphatic carbocycles. The average Bonchev–Trinajstić information content (AvgIpc) is 3.26. The van der Waals surface area contributed by atoms with Crippen LogP contribution in [0.15, 0.2) is 24.3 Å². The molecule has 8 heteroatoms. The van der Waals surface area contributed by atoms with Crippen molar-refractivity contribution in [1.29, 1.82) is 0 Å². The van der Waals surface area contributed by atoms with Gasteiger partial charge in [-0.3, -0.25) is 14.4 Å². The summed E-state index contributed by atoms with van der Waals surface area (Å²) in [6.07, 6.45) is 4.92. The molecule has 1 fully saturated rings. The molecule has 1 saturated heterocycles. The summed E-state index contributed by atoms with van der Waals surface area (Å²) in [5.41, 5.74) is 1.71. The Morgan fingerprint density at radius 2 is 1.91 bits per heavy atom. The standard InChI is InChI=1S/C27H41N5O3/c1-6-19-11-9-10-16-32(19)24(34)17-22(29-23(33)14-15-27(3,4)5)26(35)28-18(2)25-30-20-12-7-8-13-21(20)31-25/h7-8,12-13,18-19,22H,6,9-11,14-17H2,1-5H3,(H,28,35)(H,29,33)(H,30,31)/t18-,19?,22?/m0/s1. The number of fused-ring (bicyclic) bond motifs is 1. The van der Waals surface area contributed by atoms with Gasteiger partial charge in [-0.1, -0.05) is 39.8 Å². The Balaban J connectivity index is 1.71. The number of nitrogens with one attached hydrogen (secondary N) is 3. The van der Waals surface area contributed by atoms with Crippen molar-refractivity contribution in [3.8, 4) is 0 Å². The molecular formula is C27H41N5O3. The number of benzene rings is 1. The maximum atomic E-state index is 13.3. The lowest BCUT2D eigenvalue weighted by atomic mass is 9.90. The SMILES string of the molecule is CCC1CCCCN1C(=O)CC(NC(=O)CCC(C)(C)C)C(=O)N[C@@H](C)c1nc2ccccc2[nH]1. The number of rotatable bonds is 9. The second-order valence-corrected chi connectivity index (χ2v) is 10.9. The molecule has 1 aromatic heterocycles. The van der Waals surface area contributed by atoms with E-state index >= 15 is 0 Å². The molecule has 3 atom stereocenters. The minimum absolute atomic E-state index is 0.00285. The van der Waals surface area contributed by atoms with Crippen LogP contribution >= 0.6 is 0 Å². The van der Waals surface area contributed by atoms with Crippen molar-refractivity contribution in [2.45, 2.75) is 97.7 Å². The molecular weight excluding hydrogens is 442 g/mol. The van der Waals surface area contributed by atoms with Crippen LogP contribution in [-0.4, -0.2) is 51.2 Å². The molecule has 0 spiro atoms. The fraction of sp³-hybridized carbons (Fsp3) is 0.630. The molecule has 1 aliphatic heterocycles. The Morgan fingerprint density at radius 3 is 2.60 bits per heavy atom. The molecule has 3 amide bonds. The van der Waals surface area contributed by atoms with Gasteiger partial charge in [0.15, 0.2) is 0 Å². The highest BCUT2D eigenvalue weighted by molar-refractivity contribution is 5.92. The fourth-order valence-electron chi connectivity index (χ4n) is 4.57. The molecule has 0 bridgehead atoms. The summed E-state index contributed by atoms with van der Waals surface area (Å²) in [7, 11) is 0. The normalized spacial score (nSPS) is 18.2. The quantitative estimate of drug-likeness (QED) is 0.496. The maximum absolute atomic E-state index is 13.3. The molecule has 2 unspecified atom stereocenters. The Kier molecular flexibility index (Phi) is 8.92. The first-order valence-electron chi connectivity index (χ1n) is 12.9. The van der Waals surface area contributed by atoms with Crippen LogP contribution in [-0.2, 0) is 14.4 Å². The van der Waals surface area contributed by atoms with E-state index in [0.717, 1.165) is 36.7 Å². The van der Waals surface area contributed by atoms with Gasteiger partial charge < -0.3 is 20.5 Å². The predicted molar refractivity (Wildman–Crippen MR) is 138 cm³/mol. The van der Waals surface area contributed by atoms with Crippen LogP contribution in [0.25, 0.3) is 11.0 Å². The number of amides is 3. The molecule has 2 heterocycles. The molecule has 1 aromatic carbocycles. The van der Waals surface area contributed by atoms with Crippen LogP contribution in [0, 0.1) is 5.41 Å². The van der Waals surface area contributed by atoms with Gasteiger partial charge in [0.25, 0.3) is 0 Å². The number of imidazole rings is 1. The lowest BCUT2D eigenvalue weighted by Gasteiger charge is -2.36. The summed E-state index contributed by atoms with van der Waals surface area (Å²) < 4.78 is 0. The van der Waals surface area contributed by atoms with Crippen molar-refractivity contribution in [2.75, 3.05) is 6.54 Å². The van der Waals surface area contributed by atoms with E-state index in [1.54, 1.807) is 0 Å². The summed E-state index contributed by atoms with van der Waals surface area (Å²) >= 11 is 0. The summed E-state index contributed by atoms with van der Waals surface area (Å²) in [5.74, 6) is -0.0367. The monoisotopic (exact) mass is 483 g/mol. The highest BCUT2D eigenvalue weighted by Gasteiger charge is 2.31. The molecule has 0 saturated carbocycles. The number of hydrogen-bond donors (Lipinski definition) is 3. The number of likely N-dealkylation sites (tertiary alicyclic amines) is 1. The number of aromatic nitrogens is 2. The molecule has 3 rings (SSSR count). The van der Waals surface area contributed by atoms with E-state index in [0.29, 0.717) is 25.2 Å². The molecule has 8 nitrogen and oxygen atoms in total. The molecule has 35 heavy (non-hydrogen) atoms. The Labute approximate surface area is 208 Å². The van der Waals surface area contributed by atoms with Crippen LogP contribution in [0.4, 0.5) is 0 Å². The highest BCUT2D eigenvalue weighted by atomic mass is 16.2.